The zero-order valence-electron chi connectivity index (χ0n) is 13.3. The first-order chi connectivity index (χ1) is 11.9. The summed E-state index contributed by atoms with van der Waals surface area (Å²) in [6.07, 6.45) is -2.71. The lowest BCUT2D eigenvalue weighted by Gasteiger charge is -2.32. The number of hydrogen-bond donors (Lipinski definition) is 2. The highest BCUT2D eigenvalue weighted by Gasteiger charge is 2.43. The van der Waals surface area contributed by atoms with E-state index >= 15 is 0 Å². The zero-order valence-corrected chi connectivity index (χ0v) is 13.3. The molecule has 0 bridgehead atoms. The van der Waals surface area contributed by atoms with Crippen LogP contribution in [-0.4, -0.2) is 40.0 Å². The maximum atomic E-state index is 12.9. The molecule has 0 saturated heterocycles. The van der Waals surface area contributed by atoms with Gasteiger partial charge < -0.3 is 14.9 Å². The van der Waals surface area contributed by atoms with E-state index in [1.807, 2.05) is 0 Å². The number of ether oxygens (including phenoxy) is 1. The molecule has 0 radical (unpaired) electrons. The summed E-state index contributed by atoms with van der Waals surface area (Å²) in [6, 6.07) is 8.40. The molecule has 4 rings (SSSR count). The summed E-state index contributed by atoms with van der Waals surface area (Å²) in [5.41, 5.74) is -0.172. The van der Waals surface area contributed by atoms with Gasteiger partial charge >= 0.3 is 0 Å². The predicted molar refractivity (Wildman–Crippen MR) is 87.5 cm³/mol. The third-order valence-electron chi connectivity index (χ3n) is 4.72. The van der Waals surface area contributed by atoms with Gasteiger partial charge in [0.25, 0.3) is 0 Å². The Balaban J connectivity index is 1.96. The number of aliphatic hydroxyl groups is 1. The van der Waals surface area contributed by atoms with E-state index in [0.29, 0.717) is 10.8 Å². The van der Waals surface area contributed by atoms with Gasteiger partial charge in [-0.05, 0) is 18.4 Å². The predicted octanol–water partition coefficient (Wildman–Crippen LogP) is 1.92. The molecule has 1 aliphatic carbocycles. The van der Waals surface area contributed by atoms with Crippen molar-refractivity contribution in [2.75, 3.05) is 0 Å². The Morgan fingerprint density at radius 1 is 1.20 bits per heavy atom. The molecule has 6 heteroatoms. The van der Waals surface area contributed by atoms with Gasteiger partial charge in [0.2, 0.25) is 0 Å². The Morgan fingerprint density at radius 2 is 1.92 bits per heavy atom. The van der Waals surface area contributed by atoms with E-state index in [1.165, 1.54) is 6.92 Å². The largest absolute Gasteiger partial charge is 0.507 e. The summed E-state index contributed by atoms with van der Waals surface area (Å²) >= 11 is 0. The first-order valence-corrected chi connectivity index (χ1v) is 7.81. The highest BCUT2D eigenvalue weighted by molar-refractivity contribution is 6.30. The quantitative estimate of drug-likeness (QED) is 0.824. The first-order valence-electron chi connectivity index (χ1n) is 7.81. The fourth-order valence-corrected chi connectivity index (χ4v) is 3.45. The van der Waals surface area contributed by atoms with E-state index in [1.54, 1.807) is 30.3 Å². The van der Waals surface area contributed by atoms with E-state index in [0.717, 1.165) is 0 Å². The number of aliphatic hydroxyl groups excluding tert-OH is 1. The number of rotatable bonds is 1. The molecule has 0 fully saturated rings. The van der Waals surface area contributed by atoms with Gasteiger partial charge in [0.1, 0.15) is 11.9 Å². The second kappa shape index (κ2) is 5.34. The lowest BCUT2D eigenvalue weighted by atomic mass is 9.78. The summed E-state index contributed by atoms with van der Waals surface area (Å²) in [5, 5.41) is 21.8. The highest BCUT2D eigenvalue weighted by atomic mass is 16.6. The number of ketones is 3. The minimum absolute atomic E-state index is 0.0701. The summed E-state index contributed by atoms with van der Waals surface area (Å²) in [6.45, 7) is 1.30. The van der Waals surface area contributed by atoms with Gasteiger partial charge in [-0.2, -0.15) is 0 Å². The lowest BCUT2D eigenvalue weighted by Crippen LogP contribution is -2.41. The first kappa shape index (κ1) is 15.7. The van der Waals surface area contributed by atoms with Crippen molar-refractivity contribution in [3.8, 4) is 5.75 Å². The zero-order chi connectivity index (χ0) is 17.9. The van der Waals surface area contributed by atoms with Crippen LogP contribution in [0.15, 0.2) is 41.5 Å². The summed E-state index contributed by atoms with van der Waals surface area (Å²) in [7, 11) is 0. The second-order valence-corrected chi connectivity index (χ2v) is 6.21. The number of phenolic OH excluding ortho intramolecular Hbond substituents is 1. The molecule has 0 aromatic heterocycles. The molecule has 25 heavy (non-hydrogen) atoms. The van der Waals surface area contributed by atoms with Gasteiger partial charge in [0, 0.05) is 22.9 Å². The third kappa shape index (κ3) is 2.15. The van der Waals surface area contributed by atoms with Crippen LogP contribution in [0.2, 0.25) is 0 Å². The molecular formula is C19H14O6. The van der Waals surface area contributed by atoms with Crippen molar-refractivity contribution in [3.63, 3.8) is 0 Å². The molecule has 0 spiro atoms. The Bertz CT molecular complexity index is 1000. The van der Waals surface area contributed by atoms with Crippen molar-refractivity contribution >= 4 is 28.1 Å². The molecule has 1 heterocycles. The molecule has 2 atom stereocenters. The molecule has 2 aromatic rings. The molecular weight excluding hydrogens is 324 g/mol. The molecule has 2 N–H and O–H groups in total. The van der Waals surface area contributed by atoms with Crippen LogP contribution in [0.5, 0.6) is 5.75 Å². The number of carbonyl (C=O) groups is 3. The van der Waals surface area contributed by atoms with E-state index in [-0.39, 0.29) is 40.2 Å². The van der Waals surface area contributed by atoms with E-state index in [9.17, 15) is 24.6 Å². The van der Waals surface area contributed by atoms with Gasteiger partial charge in [-0.1, -0.05) is 24.3 Å². The minimum atomic E-state index is -1.67. The summed E-state index contributed by atoms with van der Waals surface area (Å²) in [5.74, 6) is -1.75. The van der Waals surface area contributed by atoms with Crippen molar-refractivity contribution < 1.29 is 29.3 Å². The Kier molecular flexibility index (Phi) is 3.35. The number of benzene rings is 2. The maximum Gasteiger partial charge on any atom is 0.199 e. The normalized spacial score (nSPS) is 22.8. The SMILES string of the molecule is CC(=O)[C@H]1CC2=C(C(=O)c3c(cc4ccccc4c3O)C2=O)[C@H](O)O1. The maximum absolute atomic E-state index is 12.9. The van der Waals surface area contributed by atoms with Crippen LogP contribution in [0.1, 0.15) is 34.1 Å². The average molecular weight is 338 g/mol. The molecule has 0 amide bonds. The van der Waals surface area contributed by atoms with Crippen LogP contribution in [0.4, 0.5) is 0 Å². The Labute approximate surface area is 142 Å². The molecule has 2 aromatic carbocycles. The summed E-state index contributed by atoms with van der Waals surface area (Å²) < 4.78 is 5.17. The molecule has 6 nitrogen and oxygen atoms in total. The number of Topliss-reactive ketones (excluding diaryl/α,β-unsaturated/α-hetero) is 3. The van der Waals surface area contributed by atoms with Crippen LogP contribution in [0.3, 0.4) is 0 Å². The van der Waals surface area contributed by atoms with E-state index < -0.39 is 24.0 Å². The second-order valence-electron chi connectivity index (χ2n) is 6.21. The van der Waals surface area contributed by atoms with Gasteiger partial charge in [0.15, 0.2) is 23.6 Å². The Hall–Kier alpha value is -2.83. The molecule has 126 valence electrons. The molecule has 0 unspecified atom stereocenters. The van der Waals surface area contributed by atoms with Crippen LogP contribution >= 0.6 is 0 Å². The summed E-state index contributed by atoms with van der Waals surface area (Å²) in [4.78, 5) is 37.3. The van der Waals surface area contributed by atoms with Gasteiger partial charge in [-0.25, -0.2) is 0 Å². The number of fused-ring (bicyclic) bond motifs is 2. The van der Waals surface area contributed by atoms with Crippen molar-refractivity contribution in [2.45, 2.75) is 25.7 Å². The van der Waals surface area contributed by atoms with Crippen molar-refractivity contribution in [2.24, 2.45) is 0 Å². The number of phenols is 1. The average Bonchev–Trinajstić information content (AvgIpc) is 2.58. The van der Waals surface area contributed by atoms with Gasteiger partial charge in [-0.15, -0.1) is 0 Å². The lowest BCUT2D eigenvalue weighted by molar-refractivity contribution is -0.150. The molecule has 2 aliphatic rings. The van der Waals surface area contributed by atoms with Gasteiger partial charge in [-0.3, -0.25) is 14.4 Å². The standard InChI is InChI=1S/C19H14O6/c1-8(20)13-7-12-15(19(24)25-13)18(23)14-11(16(12)21)6-9-4-2-3-5-10(9)17(14)22/h2-6,13,19,22,24H,7H2,1H3/t13-,19-/m1/s1. The molecule has 0 saturated carbocycles. The van der Waals surface area contributed by atoms with Crippen molar-refractivity contribution in [1.82, 2.24) is 0 Å². The third-order valence-corrected chi connectivity index (χ3v) is 4.72. The number of aromatic hydroxyl groups is 1. The van der Waals surface area contributed by atoms with E-state index in [2.05, 4.69) is 0 Å². The highest BCUT2D eigenvalue weighted by Crippen LogP contribution is 2.41. The number of hydrogen-bond acceptors (Lipinski definition) is 6. The smallest absolute Gasteiger partial charge is 0.199 e. The van der Waals surface area contributed by atoms with E-state index in [4.69, 9.17) is 4.74 Å². The Morgan fingerprint density at radius 3 is 2.64 bits per heavy atom. The fraction of sp³-hybridized carbons (Fsp3) is 0.211. The minimum Gasteiger partial charge on any atom is -0.507 e. The fourth-order valence-electron chi connectivity index (χ4n) is 3.45. The topological polar surface area (TPSA) is 101 Å². The van der Waals surface area contributed by atoms with Crippen molar-refractivity contribution in [1.29, 1.82) is 0 Å². The van der Waals surface area contributed by atoms with Crippen LogP contribution < -0.4 is 0 Å². The van der Waals surface area contributed by atoms with Crippen molar-refractivity contribution in [3.05, 3.63) is 52.6 Å². The monoisotopic (exact) mass is 338 g/mol. The molecule has 1 aliphatic heterocycles. The van der Waals surface area contributed by atoms with Crippen LogP contribution in [0.25, 0.3) is 10.8 Å². The number of carbonyl (C=O) groups excluding carboxylic acids is 3. The van der Waals surface area contributed by atoms with Crippen LogP contribution in [-0.2, 0) is 9.53 Å². The van der Waals surface area contributed by atoms with Crippen LogP contribution in [0, 0.1) is 0 Å². The van der Waals surface area contributed by atoms with Gasteiger partial charge in [0.05, 0.1) is 11.1 Å².